The molecule has 0 saturated carbocycles. The van der Waals surface area contributed by atoms with Crippen molar-refractivity contribution in [2.45, 2.75) is 33.9 Å². The largest absolute Gasteiger partial charge is 0.357 e. The van der Waals surface area contributed by atoms with Crippen molar-refractivity contribution in [2.24, 2.45) is 4.99 Å². The van der Waals surface area contributed by atoms with Gasteiger partial charge in [0, 0.05) is 17.6 Å². The lowest BCUT2D eigenvalue weighted by atomic mass is 10.6. The van der Waals surface area contributed by atoms with E-state index in [9.17, 15) is 0 Å². The molecule has 0 spiro atoms. The molecular formula is C12H18N6OS. The Morgan fingerprint density at radius 3 is 2.85 bits per heavy atom. The minimum absolute atomic E-state index is 0.354. The van der Waals surface area contributed by atoms with Crippen molar-refractivity contribution < 1.29 is 4.52 Å². The summed E-state index contributed by atoms with van der Waals surface area (Å²) in [5.74, 6) is 1.83. The molecule has 0 aliphatic heterocycles. The fraction of sp³-hybridized carbons (Fsp3) is 0.500. The number of nitrogens with zero attached hydrogens (tertiary/aromatic N) is 4. The molecule has 20 heavy (non-hydrogen) atoms. The third-order valence-corrected chi connectivity index (χ3v) is 3.28. The van der Waals surface area contributed by atoms with Gasteiger partial charge in [-0.05, 0) is 20.8 Å². The maximum atomic E-state index is 5.02. The monoisotopic (exact) mass is 294 g/mol. The van der Waals surface area contributed by atoms with Gasteiger partial charge >= 0.3 is 0 Å². The van der Waals surface area contributed by atoms with Crippen molar-refractivity contribution in [3.05, 3.63) is 27.8 Å². The Labute approximate surface area is 121 Å². The highest BCUT2D eigenvalue weighted by atomic mass is 32.1. The lowest BCUT2D eigenvalue weighted by Gasteiger charge is -2.09. The van der Waals surface area contributed by atoms with E-state index >= 15 is 0 Å². The van der Waals surface area contributed by atoms with Crippen LogP contribution in [0.2, 0.25) is 0 Å². The fourth-order valence-electron chi connectivity index (χ4n) is 1.54. The second-order valence-corrected chi connectivity index (χ2v) is 5.47. The summed E-state index contributed by atoms with van der Waals surface area (Å²) >= 11 is 1.67. The molecule has 0 fully saturated rings. The Balaban J connectivity index is 1.91. The summed E-state index contributed by atoms with van der Waals surface area (Å²) in [7, 11) is 0. The summed E-state index contributed by atoms with van der Waals surface area (Å²) in [6.45, 7) is 7.62. The van der Waals surface area contributed by atoms with Crippen LogP contribution in [0, 0.1) is 13.8 Å². The summed E-state index contributed by atoms with van der Waals surface area (Å²) in [6.07, 6.45) is 1.87. The summed E-state index contributed by atoms with van der Waals surface area (Å²) in [4.78, 5) is 14.0. The molecule has 0 amide bonds. The first-order valence-corrected chi connectivity index (χ1v) is 7.21. The average molecular weight is 294 g/mol. The molecule has 2 N–H and O–H groups in total. The van der Waals surface area contributed by atoms with Gasteiger partial charge in [0.2, 0.25) is 5.89 Å². The lowest BCUT2D eigenvalue weighted by molar-refractivity contribution is 0.376. The number of guanidine groups is 1. The smallest absolute Gasteiger partial charge is 0.248 e. The van der Waals surface area contributed by atoms with Crippen molar-refractivity contribution in [3.63, 3.8) is 0 Å². The predicted molar refractivity (Wildman–Crippen MR) is 77.5 cm³/mol. The normalized spacial score (nSPS) is 11.7. The van der Waals surface area contributed by atoms with Gasteiger partial charge in [-0.3, -0.25) is 0 Å². The van der Waals surface area contributed by atoms with E-state index in [1.165, 1.54) is 4.88 Å². The Bertz CT molecular complexity index is 576. The van der Waals surface area contributed by atoms with Crippen LogP contribution in [-0.2, 0) is 13.1 Å². The zero-order valence-electron chi connectivity index (χ0n) is 11.8. The maximum absolute atomic E-state index is 5.02. The Kier molecular flexibility index (Phi) is 5.05. The Morgan fingerprint density at radius 2 is 2.25 bits per heavy atom. The topological polar surface area (TPSA) is 88.2 Å². The Hall–Kier alpha value is -1.96. The second kappa shape index (κ2) is 6.99. The molecule has 0 atom stereocenters. The number of nitrogens with one attached hydrogen (secondary N) is 2. The number of rotatable bonds is 5. The first-order valence-electron chi connectivity index (χ1n) is 6.40. The minimum atomic E-state index is 0.354. The van der Waals surface area contributed by atoms with Gasteiger partial charge in [0.15, 0.2) is 11.8 Å². The second-order valence-electron chi connectivity index (χ2n) is 4.15. The number of hydrogen-bond acceptors (Lipinski definition) is 6. The molecule has 2 heterocycles. The quantitative estimate of drug-likeness (QED) is 0.640. The highest BCUT2D eigenvalue weighted by Gasteiger charge is 2.04. The number of thiazole rings is 1. The van der Waals surface area contributed by atoms with Gasteiger partial charge < -0.3 is 15.2 Å². The zero-order chi connectivity index (χ0) is 14.4. The van der Waals surface area contributed by atoms with Gasteiger partial charge in [0.1, 0.15) is 11.6 Å². The predicted octanol–water partition coefficient (Wildman–Crippen LogP) is 1.40. The van der Waals surface area contributed by atoms with Gasteiger partial charge in [-0.2, -0.15) is 4.98 Å². The van der Waals surface area contributed by atoms with Crippen LogP contribution in [-0.4, -0.2) is 27.6 Å². The zero-order valence-corrected chi connectivity index (χ0v) is 12.6. The van der Waals surface area contributed by atoms with E-state index in [2.05, 4.69) is 30.8 Å². The van der Waals surface area contributed by atoms with Crippen LogP contribution >= 0.6 is 11.3 Å². The van der Waals surface area contributed by atoms with Crippen molar-refractivity contribution in [3.8, 4) is 0 Å². The number of aryl methyl sites for hydroxylation is 2. The SMILES string of the molecule is CCNC(=NCc1nc(C)no1)NCc1ncc(C)s1. The standard InChI is InChI=1S/C12H18N6OS/c1-4-13-12(15-6-10-17-9(3)18-19-10)16-7-11-14-5-8(2)20-11/h5H,4,6-7H2,1-3H3,(H2,13,15,16). The number of aromatic nitrogens is 3. The molecule has 0 saturated heterocycles. The van der Waals surface area contributed by atoms with Crippen molar-refractivity contribution in [2.75, 3.05) is 6.54 Å². The number of aliphatic imine (C=N–C) groups is 1. The molecule has 2 aromatic heterocycles. The average Bonchev–Trinajstić information content (AvgIpc) is 3.02. The first-order chi connectivity index (χ1) is 9.67. The molecule has 0 unspecified atom stereocenters. The fourth-order valence-corrected chi connectivity index (χ4v) is 2.26. The summed E-state index contributed by atoms with van der Waals surface area (Å²) in [5, 5.41) is 11.1. The van der Waals surface area contributed by atoms with E-state index in [1.54, 1.807) is 18.3 Å². The van der Waals surface area contributed by atoms with Crippen molar-refractivity contribution in [1.29, 1.82) is 0 Å². The first kappa shape index (κ1) is 14.4. The van der Waals surface area contributed by atoms with Crippen LogP contribution in [0.15, 0.2) is 15.7 Å². The van der Waals surface area contributed by atoms with Gasteiger partial charge in [0.25, 0.3) is 0 Å². The van der Waals surface area contributed by atoms with Gasteiger partial charge in [-0.25, -0.2) is 9.98 Å². The molecule has 8 heteroatoms. The number of hydrogen-bond donors (Lipinski definition) is 2. The highest BCUT2D eigenvalue weighted by molar-refractivity contribution is 7.11. The van der Waals surface area contributed by atoms with Gasteiger partial charge in [-0.1, -0.05) is 5.16 Å². The highest BCUT2D eigenvalue weighted by Crippen LogP contribution is 2.10. The van der Waals surface area contributed by atoms with E-state index < -0.39 is 0 Å². The summed E-state index contributed by atoms with van der Waals surface area (Å²) < 4.78 is 5.02. The van der Waals surface area contributed by atoms with E-state index in [0.29, 0.717) is 30.8 Å². The molecule has 0 radical (unpaired) electrons. The molecule has 0 aliphatic rings. The maximum Gasteiger partial charge on any atom is 0.248 e. The van der Waals surface area contributed by atoms with E-state index in [-0.39, 0.29) is 0 Å². The molecule has 2 rings (SSSR count). The molecule has 0 aromatic carbocycles. The molecule has 108 valence electrons. The Morgan fingerprint density at radius 1 is 1.40 bits per heavy atom. The molecule has 0 aliphatic carbocycles. The van der Waals surface area contributed by atoms with Crippen LogP contribution in [0.5, 0.6) is 0 Å². The van der Waals surface area contributed by atoms with E-state index in [1.807, 2.05) is 20.0 Å². The van der Waals surface area contributed by atoms with Crippen LogP contribution < -0.4 is 10.6 Å². The van der Waals surface area contributed by atoms with Crippen LogP contribution in [0.3, 0.4) is 0 Å². The van der Waals surface area contributed by atoms with Crippen molar-refractivity contribution >= 4 is 17.3 Å². The molecule has 7 nitrogen and oxygen atoms in total. The van der Waals surface area contributed by atoms with Gasteiger partial charge in [-0.15, -0.1) is 11.3 Å². The molecular weight excluding hydrogens is 276 g/mol. The third kappa shape index (κ3) is 4.30. The van der Waals surface area contributed by atoms with Crippen LogP contribution in [0.25, 0.3) is 0 Å². The van der Waals surface area contributed by atoms with Gasteiger partial charge in [0.05, 0.1) is 6.54 Å². The van der Waals surface area contributed by atoms with Crippen molar-refractivity contribution in [1.82, 2.24) is 25.8 Å². The third-order valence-electron chi connectivity index (χ3n) is 2.36. The summed E-state index contributed by atoms with van der Waals surface area (Å²) in [6, 6.07) is 0. The van der Waals surface area contributed by atoms with Crippen LogP contribution in [0.1, 0.15) is 28.5 Å². The lowest BCUT2D eigenvalue weighted by Crippen LogP contribution is -2.36. The van der Waals surface area contributed by atoms with E-state index in [4.69, 9.17) is 4.52 Å². The summed E-state index contributed by atoms with van der Waals surface area (Å²) in [5.41, 5.74) is 0. The van der Waals surface area contributed by atoms with Crippen LogP contribution in [0.4, 0.5) is 0 Å². The molecule has 2 aromatic rings. The van der Waals surface area contributed by atoms with E-state index in [0.717, 1.165) is 11.6 Å². The minimum Gasteiger partial charge on any atom is -0.357 e. The molecule has 0 bridgehead atoms.